The number of carbonyl (C=O) groups excluding carboxylic acids is 3. The second kappa shape index (κ2) is 7.91. The zero-order valence-electron chi connectivity index (χ0n) is 16.4. The molecule has 0 aliphatic carbocycles. The highest BCUT2D eigenvalue weighted by molar-refractivity contribution is 5.96. The summed E-state index contributed by atoms with van der Waals surface area (Å²) in [5, 5.41) is 21.5. The number of hydrogen-bond donors (Lipinski definition) is 2. The number of fused-ring (bicyclic) bond motifs is 1. The molecule has 11 heteroatoms. The van der Waals surface area contributed by atoms with Crippen LogP contribution in [-0.4, -0.2) is 46.3 Å². The summed E-state index contributed by atoms with van der Waals surface area (Å²) in [4.78, 5) is 49.3. The molecule has 2 amide bonds. The zero-order valence-corrected chi connectivity index (χ0v) is 16.4. The molecule has 4 atom stereocenters. The van der Waals surface area contributed by atoms with Crippen LogP contribution in [0.4, 0.5) is 5.69 Å². The molecule has 0 radical (unpaired) electrons. The number of carbonyl (C=O) groups is 3. The summed E-state index contributed by atoms with van der Waals surface area (Å²) in [5.74, 6) is -3.80. The lowest BCUT2D eigenvalue weighted by Gasteiger charge is -2.32. The first-order valence-corrected chi connectivity index (χ1v) is 9.28. The number of rotatable bonds is 6. The van der Waals surface area contributed by atoms with E-state index in [0.29, 0.717) is 0 Å². The molecule has 1 saturated heterocycles. The fraction of sp³-hybridized carbons (Fsp3) is 0.300. The number of nitrogens with zero attached hydrogens (tertiary/aromatic N) is 3. The fourth-order valence-corrected chi connectivity index (χ4v) is 4.24. The van der Waals surface area contributed by atoms with Gasteiger partial charge >= 0.3 is 5.97 Å². The Morgan fingerprint density at radius 3 is 2.61 bits per heavy atom. The maximum atomic E-state index is 13.1. The number of nitrogens with two attached hydrogens (primary N) is 2. The number of esters is 1. The number of primary amides is 2. The third-order valence-electron chi connectivity index (χ3n) is 5.48. The number of ether oxygens (including phenoxy) is 1. The van der Waals surface area contributed by atoms with Crippen molar-refractivity contribution in [1.29, 1.82) is 5.26 Å². The molecule has 11 nitrogen and oxygen atoms in total. The molecule has 4 N–H and O–H groups in total. The molecule has 2 heterocycles. The van der Waals surface area contributed by atoms with Crippen molar-refractivity contribution in [3.05, 3.63) is 63.9 Å². The molecule has 0 aromatic heterocycles. The number of nitro groups is 1. The number of non-ortho nitro benzene ring substituents is 1. The molecule has 1 aromatic rings. The van der Waals surface area contributed by atoms with Crippen LogP contribution in [0.3, 0.4) is 0 Å². The van der Waals surface area contributed by atoms with Crippen LogP contribution in [0.1, 0.15) is 18.4 Å². The van der Waals surface area contributed by atoms with Gasteiger partial charge in [0.25, 0.3) is 5.69 Å². The first kappa shape index (κ1) is 21.5. The topological polar surface area (TPSA) is 183 Å². The molecule has 1 aromatic carbocycles. The third-order valence-corrected chi connectivity index (χ3v) is 5.48. The Hall–Kier alpha value is -4.20. The number of hydrogen-bond acceptors (Lipinski definition) is 8. The van der Waals surface area contributed by atoms with Crippen LogP contribution in [0.5, 0.6) is 0 Å². The fourth-order valence-electron chi connectivity index (χ4n) is 4.24. The smallest absolute Gasteiger partial charge is 0.329 e. The standard InChI is InChI=1S/C20H19N5O6/c1-2-31-19(28)20(10-21)14-7-6-12(17(22)26)9-24(14)16(18(23)27)15(20)11-4-3-5-13(8-11)25(29)30/h3-9,14-16H,2H2,1H3,(H2,22,26)(H2,23,27). The van der Waals surface area contributed by atoms with Gasteiger partial charge in [0, 0.05) is 24.3 Å². The van der Waals surface area contributed by atoms with Gasteiger partial charge < -0.3 is 21.1 Å². The van der Waals surface area contributed by atoms with E-state index in [-0.39, 0.29) is 23.4 Å². The number of nitriles is 1. The second-order valence-electron chi connectivity index (χ2n) is 7.08. The lowest BCUT2D eigenvalue weighted by Crippen LogP contribution is -2.45. The van der Waals surface area contributed by atoms with Crippen molar-refractivity contribution in [3.8, 4) is 6.07 Å². The van der Waals surface area contributed by atoms with Crippen LogP contribution in [0.25, 0.3) is 0 Å². The van der Waals surface area contributed by atoms with Crippen molar-refractivity contribution >= 4 is 23.5 Å². The second-order valence-corrected chi connectivity index (χ2v) is 7.08. The highest BCUT2D eigenvalue weighted by Gasteiger charge is 2.66. The molecular weight excluding hydrogens is 406 g/mol. The molecule has 2 aliphatic heterocycles. The third kappa shape index (κ3) is 3.28. The van der Waals surface area contributed by atoms with Crippen molar-refractivity contribution < 1.29 is 24.0 Å². The SMILES string of the molecule is CCOC(=O)C1(C#N)C(c2cccc([N+](=O)[O-])c2)C(C(N)=O)N2C=C(C(N)=O)C=CC21. The molecule has 0 bridgehead atoms. The van der Waals surface area contributed by atoms with E-state index < -0.39 is 46.1 Å². The Balaban J connectivity index is 2.31. The Kier molecular flexibility index (Phi) is 5.49. The molecule has 160 valence electrons. The summed E-state index contributed by atoms with van der Waals surface area (Å²) in [6.45, 7) is 1.52. The Morgan fingerprint density at radius 1 is 1.35 bits per heavy atom. The van der Waals surface area contributed by atoms with Gasteiger partial charge in [-0.25, -0.2) is 0 Å². The van der Waals surface area contributed by atoms with E-state index in [2.05, 4.69) is 0 Å². The van der Waals surface area contributed by atoms with Crippen LogP contribution in [0.2, 0.25) is 0 Å². The zero-order chi connectivity index (χ0) is 22.9. The summed E-state index contributed by atoms with van der Waals surface area (Å²) in [6.07, 6.45) is 4.03. The first-order valence-electron chi connectivity index (χ1n) is 9.28. The molecule has 4 unspecified atom stereocenters. The van der Waals surface area contributed by atoms with Gasteiger partial charge in [0.1, 0.15) is 6.04 Å². The van der Waals surface area contributed by atoms with Gasteiger partial charge in [-0.1, -0.05) is 18.2 Å². The number of benzene rings is 1. The minimum absolute atomic E-state index is 0.0377. The highest BCUT2D eigenvalue weighted by atomic mass is 16.6. The van der Waals surface area contributed by atoms with E-state index in [1.165, 1.54) is 47.5 Å². The van der Waals surface area contributed by atoms with Crippen molar-refractivity contribution in [2.75, 3.05) is 6.61 Å². The van der Waals surface area contributed by atoms with E-state index in [0.717, 1.165) is 0 Å². The lowest BCUT2D eigenvalue weighted by atomic mass is 9.68. The minimum atomic E-state index is -1.97. The van der Waals surface area contributed by atoms with Crippen LogP contribution >= 0.6 is 0 Å². The number of amides is 2. The van der Waals surface area contributed by atoms with Crippen LogP contribution < -0.4 is 11.5 Å². The van der Waals surface area contributed by atoms with Gasteiger partial charge in [-0.15, -0.1) is 0 Å². The Morgan fingerprint density at radius 2 is 2.06 bits per heavy atom. The van der Waals surface area contributed by atoms with Crippen molar-refractivity contribution in [3.63, 3.8) is 0 Å². The van der Waals surface area contributed by atoms with E-state index in [1.54, 1.807) is 6.92 Å². The molecule has 2 aliphatic rings. The first-order chi connectivity index (χ1) is 14.7. The van der Waals surface area contributed by atoms with E-state index in [4.69, 9.17) is 16.2 Å². The normalized spacial score (nSPS) is 26.4. The van der Waals surface area contributed by atoms with Crippen molar-refractivity contribution in [1.82, 2.24) is 4.90 Å². The predicted octanol–water partition coefficient (Wildman–Crippen LogP) is 0.229. The van der Waals surface area contributed by atoms with Gasteiger partial charge in [0.15, 0.2) is 5.41 Å². The highest BCUT2D eigenvalue weighted by Crippen LogP contribution is 2.54. The van der Waals surface area contributed by atoms with Crippen LogP contribution in [-0.2, 0) is 19.1 Å². The Bertz CT molecular complexity index is 1070. The summed E-state index contributed by atoms with van der Waals surface area (Å²) < 4.78 is 5.18. The van der Waals surface area contributed by atoms with Crippen molar-refractivity contribution in [2.45, 2.75) is 24.9 Å². The maximum absolute atomic E-state index is 13.1. The molecule has 31 heavy (non-hydrogen) atoms. The lowest BCUT2D eigenvalue weighted by molar-refractivity contribution is -0.384. The van der Waals surface area contributed by atoms with E-state index in [9.17, 15) is 29.8 Å². The molecular formula is C20H19N5O6. The van der Waals surface area contributed by atoms with E-state index >= 15 is 0 Å². The van der Waals surface area contributed by atoms with Crippen molar-refractivity contribution in [2.24, 2.45) is 16.9 Å². The van der Waals surface area contributed by atoms with Gasteiger partial charge in [-0.05, 0) is 18.6 Å². The average molecular weight is 425 g/mol. The molecule has 3 rings (SSSR count). The quantitative estimate of drug-likeness (QED) is 0.368. The average Bonchev–Trinajstić information content (AvgIpc) is 3.04. The predicted molar refractivity (Wildman–Crippen MR) is 106 cm³/mol. The van der Waals surface area contributed by atoms with E-state index in [1.807, 2.05) is 6.07 Å². The van der Waals surface area contributed by atoms with Gasteiger partial charge in [0.05, 0.1) is 29.2 Å². The summed E-state index contributed by atoms with van der Waals surface area (Å²) in [7, 11) is 0. The Labute approximate surface area is 176 Å². The van der Waals surface area contributed by atoms with Gasteiger partial charge in [-0.3, -0.25) is 24.5 Å². The number of nitro benzene ring substituents is 1. The van der Waals surface area contributed by atoms with Gasteiger partial charge in [0.2, 0.25) is 11.8 Å². The molecule has 0 saturated carbocycles. The monoisotopic (exact) mass is 425 g/mol. The maximum Gasteiger partial charge on any atom is 0.329 e. The van der Waals surface area contributed by atoms with Gasteiger partial charge in [-0.2, -0.15) is 5.26 Å². The minimum Gasteiger partial charge on any atom is -0.465 e. The summed E-state index contributed by atoms with van der Waals surface area (Å²) in [5.41, 5.74) is 8.97. The molecule has 1 fully saturated rings. The van der Waals surface area contributed by atoms with Crippen LogP contribution in [0, 0.1) is 26.9 Å². The summed E-state index contributed by atoms with van der Waals surface area (Å²) in [6, 6.07) is 4.98. The van der Waals surface area contributed by atoms with Crippen LogP contribution in [0.15, 0.2) is 48.2 Å². The molecule has 0 spiro atoms. The summed E-state index contributed by atoms with van der Waals surface area (Å²) >= 11 is 0. The largest absolute Gasteiger partial charge is 0.465 e.